The lowest BCUT2D eigenvalue weighted by Gasteiger charge is -2.10. The smallest absolute Gasteiger partial charge is 0.215 e. The highest BCUT2D eigenvalue weighted by Gasteiger charge is 2.05. The van der Waals surface area contributed by atoms with E-state index in [0.717, 1.165) is 6.20 Å². The molecule has 1 unspecified atom stereocenters. The summed E-state index contributed by atoms with van der Waals surface area (Å²) in [6.45, 7) is 1.54. The molecule has 0 radical (unpaired) electrons. The van der Waals surface area contributed by atoms with E-state index in [9.17, 15) is 4.39 Å². The highest BCUT2D eigenvalue weighted by atomic mass is 19.1. The van der Waals surface area contributed by atoms with Gasteiger partial charge in [-0.3, -0.25) is 0 Å². The standard InChI is InChI=1S/C8H11FN2O2/c1-5(4-12)13-8-2-7(10)6(9)3-11-8/h2-3,5,12H,4H2,1H3,(H2,10,11). The molecular weight excluding hydrogens is 175 g/mol. The molecule has 0 bridgehead atoms. The Morgan fingerprint density at radius 2 is 2.46 bits per heavy atom. The van der Waals surface area contributed by atoms with Crippen molar-refractivity contribution in [2.75, 3.05) is 12.3 Å². The minimum Gasteiger partial charge on any atom is -0.472 e. The van der Waals surface area contributed by atoms with Crippen LogP contribution in [0.25, 0.3) is 0 Å². The summed E-state index contributed by atoms with van der Waals surface area (Å²) in [5.41, 5.74) is 5.26. The highest BCUT2D eigenvalue weighted by molar-refractivity contribution is 5.41. The third-order valence-electron chi connectivity index (χ3n) is 1.44. The van der Waals surface area contributed by atoms with Gasteiger partial charge in [-0.15, -0.1) is 0 Å². The van der Waals surface area contributed by atoms with Crippen LogP contribution < -0.4 is 10.5 Å². The van der Waals surface area contributed by atoms with Gasteiger partial charge in [-0.2, -0.15) is 0 Å². The van der Waals surface area contributed by atoms with Crippen molar-refractivity contribution in [3.05, 3.63) is 18.1 Å². The number of hydrogen-bond donors (Lipinski definition) is 2. The molecule has 0 saturated heterocycles. The molecule has 0 aliphatic carbocycles. The van der Waals surface area contributed by atoms with Crippen molar-refractivity contribution in [2.45, 2.75) is 13.0 Å². The Bertz CT molecular complexity index is 293. The zero-order valence-corrected chi connectivity index (χ0v) is 7.20. The average Bonchev–Trinajstić information content (AvgIpc) is 2.11. The first kappa shape index (κ1) is 9.73. The van der Waals surface area contributed by atoms with E-state index in [2.05, 4.69) is 4.98 Å². The molecular formula is C8H11FN2O2. The number of aromatic nitrogens is 1. The second-order valence-electron chi connectivity index (χ2n) is 2.66. The Morgan fingerprint density at radius 3 is 3.00 bits per heavy atom. The first-order valence-corrected chi connectivity index (χ1v) is 3.82. The van der Waals surface area contributed by atoms with Crippen LogP contribution in [0.4, 0.5) is 10.1 Å². The summed E-state index contributed by atoms with van der Waals surface area (Å²) in [6.07, 6.45) is 0.603. The molecule has 0 aliphatic heterocycles. The van der Waals surface area contributed by atoms with Gasteiger partial charge in [-0.25, -0.2) is 9.37 Å². The fourth-order valence-electron chi connectivity index (χ4n) is 0.742. The lowest BCUT2D eigenvalue weighted by atomic mass is 10.4. The number of aliphatic hydroxyl groups excluding tert-OH is 1. The number of rotatable bonds is 3. The van der Waals surface area contributed by atoms with Gasteiger partial charge in [0, 0.05) is 6.07 Å². The first-order chi connectivity index (χ1) is 6.13. The van der Waals surface area contributed by atoms with Crippen molar-refractivity contribution in [1.29, 1.82) is 0 Å². The summed E-state index contributed by atoms with van der Waals surface area (Å²) in [6, 6.07) is 1.28. The van der Waals surface area contributed by atoms with Crippen molar-refractivity contribution in [3.8, 4) is 5.88 Å². The van der Waals surface area contributed by atoms with E-state index < -0.39 is 5.82 Å². The number of pyridine rings is 1. The second kappa shape index (κ2) is 4.04. The molecule has 0 spiro atoms. The molecule has 4 nitrogen and oxygen atoms in total. The zero-order chi connectivity index (χ0) is 9.84. The third kappa shape index (κ3) is 2.55. The zero-order valence-electron chi connectivity index (χ0n) is 7.20. The maximum Gasteiger partial charge on any atom is 0.215 e. The molecule has 5 heteroatoms. The van der Waals surface area contributed by atoms with Crippen LogP contribution in [0, 0.1) is 5.82 Å². The van der Waals surface area contributed by atoms with Crippen LogP contribution in [0.2, 0.25) is 0 Å². The molecule has 0 aromatic carbocycles. The molecule has 0 fully saturated rings. The van der Waals surface area contributed by atoms with Crippen molar-refractivity contribution in [3.63, 3.8) is 0 Å². The molecule has 1 aromatic heterocycles. The van der Waals surface area contributed by atoms with E-state index in [1.807, 2.05) is 0 Å². The maximum absolute atomic E-state index is 12.6. The van der Waals surface area contributed by atoms with Crippen LogP contribution >= 0.6 is 0 Å². The van der Waals surface area contributed by atoms with Gasteiger partial charge in [0.05, 0.1) is 18.5 Å². The summed E-state index contributed by atoms with van der Waals surface area (Å²) < 4.78 is 17.7. The summed E-state index contributed by atoms with van der Waals surface area (Å²) in [5, 5.41) is 8.66. The molecule has 72 valence electrons. The van der Waals surface area contributed by atoms with Gasteiger partial charge < -0.3 is 15.6 Å². The molecule has 0 saturated carbocycles. The Balaban J connectivity index is 2.73. The van der Waals surface area contributed by atoms with Crippen molar-refractivity contribution in [1.82, 2.24) is 4.98 Å². The Morgan fingerprint density at radius 1 is 1.77 bits per heavy atom. The van der Waals surface area contributed by atoms with Crippen molar-refractivity contribution in [2.24, 2.45) is 0 Å². The van der Waals surface area contributed by atoms with E-state index in [0.29, 0.717) is 0 Å². The van der Waals surface area contributed by atoms with Gasteiger partial charge in [-0.1, -0.05) is 0 Å². The van der Waals surface area contributed by atoms with Crippen LogP contribution in [-0.2, 0) is 0 Å². The number of anilines is 1. The van der Waals surface area contributed by atoms with E-state index in [-0.39, 0.29) is 24.3 Å². The number of nitrogen functional groups attached to an aromatic ring is 1. The topological polar surface area (TPSA) is 68.4 Å². The van der Waals surface area contributed by atoms with Crippen LogP contribution in [0.3, 0.4) is 0 Å². The Hall–Kier alpha value is -1.36. The molecule has 1 rings (SSSR count). The van der Waals surface area contributed by atoms with Gasteiger partial charge in [-0.05, 0) is 6.92 Å². The number of hydrogen-bond acceptors (Lipinski definition) is 4. The van der Waals surface area contributed by atoms with Crippen molar-refractivity contribution < 1.29 is 14.2 Å². The molecule has 3 N–H and O–H groups in total. The number of nitrogens with two attached hydrogens (primary N) is 1. The van der Waals surface area contributed by atoms with Crippen LogP contribution in [0.15, 0.2) is 12.3 Å². The van der Waals surface area contributed by atoms with Gasteiger partial charge in [0.1, 0.15) is 6.10 Å². The first-order valence-electron chi connectivity index (χ1n) is 3.82. The Kier molecular flexibility index (Phi) is 3.02. The predicted octanol–water partition coefficient (Wildman–Crippen LogP) is 0.563. The predicted molar refractivity (Wildman–Crippen MR) is 45.8 cm³/mol. The fraction of sp³-hybridized carbons (Fsp3) is 0.375. The monoisotopic (exact) mass is 186 g/mol. The molecule has 0 aliphatic rings. The van der Waals surface area contributed by atoms with Gasteiger partial charge in [0.15, 0.2) is 5.82 Å². The lowest BCUT2D eigenvalue weighted by molar-refractivity contribution is 0.125. The summed E-state index contributed by atoms with van der Waals surface area (Å²) >= 11 is 0. The van der Waals surface area contributed by atoms with E-state index >= 15 is 0 Å². The quantitative estimate of drug-likeness (QED) is 0.723. The molecule has 1 atom stereocenters. The largest absolute Gasteiger partial charge is 0.472 e. The average molecular weight is 186 g/mol. The minimum absolute atomic E-state index is 0.0184. The van der Waals surface area contributed by atoms with Crippen LogP contribution in [0.5, 0.6) is 5.88 Å². The SMILES string of the molecule is CC(CO)Oc1cc(N)c(F)cn1. The Labute approximate surface area is 75.2 Å². The molecule has 1 heterocycles. The third-order valence-corrected chi connectivity index (χ3v) is 1.44. The molecule has 0 amide bonds. The summed E-state index contributed by atoms with van der Waals surface area (Å²) in [7, 11) is 0. The van der Waals surface area contributed by atoms with Crippen LogP contribution in [0.1, 0.15) is 6.92 Å². The minimum atomic E-state index is -0.580. The number of ether oxygens (including phenoxy) is 1. The van der Waals surface area contributed by atoms with Gasteiger partial charge >= 0.3 is 0 Å². The number of aliphatic hydroxyl groups is 1. The summed E-state index contributed by atoms with van der Waals surface area (Å²) in [4.78, 5) is 3.64. The number of halogens is 1. The summed E-state index contributed by atoms with van der Waals surface area (Å²) in [5.74, 6) is -0.371. The van der Waals surface area contributed by atoms with Gasteiger partial charge in [0.2, 0.25) is 5.88 Å². The normalized spacial score (nSPS) is 12.5. The van der Waals surface area contributed by atoms with E-state index in [1.165, 1.54) is 6.07 Å². The van der Waals surface area contributed by atoms with Crippen LogP contribution in [-0.4, -0.2) is 22.8 Å². The molecule has 13 heavy (non-hydrogen) atoms. The van der Waals surface area contributed by atoms with E-state index in [1.54, 1.807) is 6.92 Å². The number of nitrogens with zero attached hydrogens (tertiary/aromatic N) is 1. The fourth-order valence-corrected chi connectivity index (χ4v) is 0.742. The lowest BCUT2D eigenvalue weighted by Crippen LogP contribution is -2.17. The second-order valence-corrected chi connectivity index (χ2v) is 2.66. The maximum atomic E-state index is 12.6. The molecule has 1 aromatic rings. The highest BCUT2D eigenvalue weighted by Crippen LogP contribution is 2.15. The van der Waals surface area contributed by atoms with Crippen molar-refractivity contribution >= 4 is 5.69 Å². The van der Waals surface area contributed by atoms with E-state index in [4.69, 9.17) is 15.6 Å². The van der Waals surface area contributed by atoms with Gasteiger partial charge in [0.25, 0.3) is 0 Å².